The van der Waals surface area contributed by atoms with E-state index in [-0.39, 0.29) is 11.5 Å². The Bertz CT molecular complexity index is 246. The second-order valence-electron chi connectivity index (χ2n) is 1.56. The smallest absolute Gasteiger partial charge is 0.193 e. The molecule has 0 N–H and O–H groups in total. The maximum Gasteiger partial charge on any atom is 0.193 e. The molecule has 0 spiro atoms. The Labute approximate surface area is 72.9 Å². The summed E-state index contributed by atoms with van der Waals surface area (Å²) < 4.78 is 4.41. The molecule has 0 fully saturated rings. The molecular formula is C4H4N2OS3. The molecule has 0 aliphatic heterocycles. The van der Waals surface area contributed by atoms with Crippen LogP contribution in [0.15, 0.2) is 4.34 Å². The molecule has 0 aliphatic carbocycles. The summed E-state index contributed by atoms with van der Waals surface area (Å²) in [6.45, 7) is 0. The summed E-state index contributed by atoms with van der Waals surface area (Å²) in [6.07, 6.45) is 0.181. The third-order valence-corrected chi connectivity index (χ3v) is 1.83. The fraction of sp³-hybridized carbons (Fsp3) is 0.250. The first kappa shape index (κ1) is 8.03. The van der Waals surface area contributed by atoms with E-state index in [1.165, 1.54) is 0 Å². The van der Waals surface area contributed by atoms with Crippen LogP contribution in [0.4, 0.5) is 0 Å². The van der Waals surface area contributed by atoms with Crippen molar-refractivity contribution in [2.75, 3.05) is 0 Å². The first-order chi connectivity index (χ1) is 4.68. The van der Waals surface area contributed by atoms with Crippen LogP contribution in [0.1, 0.15) is 5.82 Å². The average Bonchev–Trinajstić information content (AvgIpc) is 2.13. The minimum atomic E-state index is -0.230. The molecule has 0 unspecified atom stereocenters. The van der Waals surface area contributed by atoms with Crippen LogP contribution in [0.2, 0.25) is 0 Å². The van der Waals surface area contributed by atoms with Crippen LogP contribution >= 0.6 is 36.8 Å². The number of aromatic nitrogens is 2. The molecule has 10 heavy (non-hydrogen) atoms. The van der Waals surface area contributed by atoms with Gasteiger partial charge in [-0.1, -0.05) is 0 Å². The van der Waals surface area contributed by atoms with E-state index in [0.717, 1.165) is 11.5 Å². The summed E-state index contributed by atoms with van der Waals surface area (Å²) >= 11 is 8.68. The van der Waals surface area contributed by atoms with Crippen molar-refractivity contribution in [1.82, 2.24) is 9.36 Å². The van der Waals surface area contributed by atoms with Crippen molar-refractivity contribution in [2.45, 2.75) is 10.8 Å². The topological polar surface area (TPSA) is 42.9 Å². The standard InChI is InChI=1S/C4H4N2OS3/c7-3(8)1-2-5-4(9)10-6-2/h1H2,(H,7,8)(H,5,6,9). The highest BCUT2D eigenvalue weighted by Gasteiger charge is 2.03. The summed E-state index contributed by atoms with van der Waals surface area (Å²) in [5, 5.41) is -0.230. The lowest BCUT2D eigenvalue weighted by molar-refractivity contribution is -0.110. The Kier molecular flexibility index (Phi) is 2.70. The number of rotatable bonds is 2. The molecule has 0 atom stereocenters. The number of hydrogen-bond acceptors (Lipinski definition) is 5. The van der Waals surface area contributed by atoms with Crippen molar-refractivity contribution < 1.29 is 4.79 Å². The van der Waals surface area contributed by atoms with E-state index in [4.69, 9.17) is 0 Å². The van der Waals surface area contributed by atoms with E-state index in [2.05, 4.69) is 34.6 Å². The molecule has 1 heterocycles. The number of nitrogens with zero attached hydrogens (tertiary/aromatic N) is 2. The lowest BCUT2D eigenvalue weighted by Gasteiger charge is -1.83. The molecule has 6 heteroatoms. The molecule has 54 valence electrons. The minimum Gasteiger partial charge on any atom is -0.287 e. The number of thiol groups is 2. The van der Waals surface area contributed by atoms with Gasteiger partial charge in [0.25, 0.3) is 0 Å². The number of hydrogen-bond donors (Lipinski definition) is 2. The van der Waals surface area contributed by atoms with Gasteiger partial charge in [0.1, 0.15) is 0 Å². The van der Waals surface area contributed by atoms with Gasteiger partial charge in [-0.25, -0.2) is 4.98 Å². The van der Waals surface area contributed by atoms with Crippen LogP contribution in [0.5, 0.6) is 0 Å². The third kappa shape index (κ3) is 2.28. The Balaban J connectivity index is 2.67. The van der Waals surface area contributed by atoms with Crippen molar-refractivity contribution in [3.63, 3.8) is 0 Å². The molecule has 0 saturated carbocycles. The van der Waals surface area contributed by atoms with E-state index < -0.39 is 0 Å². The summed E-state index contributed by atoms with van der Waals surface area (Å²) in [7, 11) is 0. The molecule has 1 aromatic heterocycles. The van der Waals surface area contributed by atoms with E-state index in [1.54, 1.807) is 0 Å². The lowest BCUT2D eigenvalue weighted by Crippen LogP contribution is -1.94. The molecular weight excluding hydrogens is 188 g/mol. The fourth-order valence-corrected chi connectivity index (χ4v) is 1.27. The largest absolute Gasteiger partial charge is 0.287 e. The van der Waals surface area contributed by atoms with E-state index in [0.29, 0.717) is 10.2 Å². The maximum absolute atomic E-state index is 10.4. The van der Waals surface area contributed by atoms with Gasteiger partial charge >= 0.3 is 0 Å². The summed E-state index contributed by atoms with van der Waals surface area (Å²) in [5.41, 5.74) is 0. The van der Waals surface area contributed by atoms with Crippen LogP contribution in [0, 0.1) is 0 Å². The first-order valence-corrected chi connectivity index (χ1v) is 4.08. The molecule has 0 saturated heterocycles. The summed E-state index contributed by atoms with van der Waals surface area (Å²) in [5.74, 6) is 0.495. The molecule has 0 aromatic carbocycles. The molecule has 3 nitrogen and oxygen atoms in total. The van der Waals surface area contributed by atoms with Crippen LogP contribution in [0.25, 0.3) is 0 Å². The van der Waals surface area contributed by atoms with Gasteiger partial charge in [-0.05, 0) is 11.5 Å². The quantitative estimate of drug-likeness (QED) is 0.682. The number of carbonyl (C=O) groups excluding carboxylic acids is 1. The molecule has 0 bridgehead atoms. The van der Waals surface area contributed by atoms with Gasteiger partial charge in [-0.15, -0.1) is 25.3 Å². The molecule has 0 aliphatic rings. The highest BCUT2D eigenvalue weighted by molar-refractivity contribution is 7.96. The van der Waals surface area contributed by atoms with E-state index >= 15 is 0 Å². The van der Waals surface area contributed by atoms with Gasteiger partial charge < -0.3 is 0 Å². The van der Waals surface area contributed by atoms with Crippen LogP contribution in [-0.2, 0) is 11.2 Å². The van der Waals surface area contributed by atoms with E-state index in [9.17, 15) is 4.79 Å². The van der Waals surface area contributed by atoms with Crippen LogP contribution in [-0.4, -0.2) is 14.5 Å². The number of carbonyl (C=O) groups is 1. The Morgan fingerprint density at radius 3 is 2.80 bits per heavy atom. The monoisotopic (exact) mass is 192 g/mol. The van der Waals surface area contributed by atoms with Gasteiger partial charge in [-0.3, -0.25) is 4.79 Å². The zero-order valence-corrected chi connectivity index (χ0v) is 7.42. The zero-order valence-electron chi connectivity index (χ0n) is 4.81. The van der Waals surface area contributed by atoms with Crippen LogP contribution < -0.4 is 0 Å². The van der Waals surface area contributed by atoms with Gasteiger partial charge in [0.15, 0.2) is 15.3 Å². The minimum absolute atomic E-state index is 0.181. The van der Waals surface area contributed by atoms with Gasteiger partial charge in [-0.2, -0.15) is 4.37 Å². The molecule has 1 aromatic rings. The van der Waals surface area contributed by atoms with Gasteiger partial charge in [0.2, 0.25) is 0 Å². The van der Waals surface area contributed by atoms with Crippen LogP contribution in [0.3, 0.4) is 0 Å². The zero-order chi connectivity index (χ0) is 7.56. The SMILES string of the molecule is O=C(S)Cc1nsc(S)n1. The van der Waals surface area contributed by atoms with Gasteiger partial charge in [0.05, 0.1) is 6.42 Å². The lowest BCUT2D eigenvalue weighted by atomic mass is 10.4. The highest BCUT2D eigenvalue weighted by atomic mass is 32.2. The molecule has 1 rings (SSSR count). The normalized spacial score (nSPS) is 9.80. The Hall–Kier alpha value is -0.0700. The first-order valence-electron chi connectivity index (χ1n) is 2.42. The highest BCUT2D eigenvalue weighted by Crippen LogP contribution is 2.09. The molecule has 0 amide bonds. The van der Waals surface area contributed by atoms with Crippen molar-refractivity contribution in [3.8, 4) is 0 Å². The maximum atomic E-state index is 10.4. The Morgan fingerprint density at radius 1 is 1.70 bits per heavy atom. The third-order valence-electron chi connectivity index (χ3n) is 0.767. The summed E-state index contributed by atoms with van der Waals surface area (Å²) in [6, 6.07) is 0. The van der Waals surface area contributed by atoms with Gasteiger partial charge in [0, 0.05) is 0 Å². The predicted molar refractivity (Wildman–Crippen MR) is 44.9 cm³/mol. The second-order valence-corrected chi connectivity index (χ2v) is 3.54. The second kappa shape index (κ2) is 3.36. The molecule has 0 radical (unpaired) electrons. The van der Waals surface area contributed by atoms with Crippen molar-refractivity contribution >= 4 is 41.9 Å². The van der Waals surface area contributed by atoms with Crippen molar-refractivity contribution in [2.24, 2.45) is 0 Å². The predicted octanol–water partition coefficient (Wildman–Crippen LogP) is 0.826. The van der Waals surface area contributed by atoms with Crippen molar-refractivity contribution in [3.05, 3.63) is 5.82 Å². The average molecular weight is 192 g/mol. The Morgan fingerprint density at radius 2 is 2.40 bits per heavy atom. The van der Waals surface area contributed by atoms with Crippen molar-refractivity contribution in [1.29, 1.82) is 0 Å². The summed E-state index contributed by atoms with van der Waals surface area (Å²) in [4.78, 5) is 14.2. The fourth-order valence-electron chi connectivity index (χ4n) is 0.452. The van der Waals surface area contributed by atoms with E-state index in [1.807, 2.05) is 0 Å².